The highest BCUT2D eigenvalue weighted by Crippen LogP contribution is 2.32. The number of thiophene rings is 1. The first kappa shape index (κ1) is 17.0. The SMILES string of the molecule is CCCC(CCC)Nc1ncnc2sc(CC(F)(F)F)cc12. The van der Waals surface area contributed by atoms with Gasteiger partial charge in [0.15, 0.2) is 0 Å². The lowest BCUT2D eigenvalue weighted by molar-refractivity contribution is -0.126. The van der Waals surface area contributed by atoms with Crippen molar-refractivity contribution in [2.24, 2.45) is 0 Å². The van der Waals surface area contributed by atoms with Gasteiger partial charge in [-0.25, -0.2) is 9.97 Å². The number of hydrogen-bond donors (Lipinski definition) is 1. The zero-order valence-corrected chi connectivity index (χ0v) is 13.5. The van der Waals surface area contributed by atoms with Crippen LogP contribution in [0.5, 0.6) is 0 Å². The smallest absolute Gasteiger partial charge is 0.367 e. The highest BCUT2D eigenvalue weighted by Gasteiger charge is 2.29. The Bertz CT molecular complexity index is 604. The molecule has 0 unspecified atom stereocenters. The summed E-state index contributed by atoms with van der Waals surface area (Å²) in [5.74, 6) is 0.640. The molecule has 2 rings (SSSR count). The van der Waals surface area contributed by atoms with Gasteiger partial charge in [0.1, 0.15) is 17.0 Å². The largest absolute Gasteiger partial charge is 0.393 e. The van der Waals surface area contributed by atoms with Crippen LogP contribution >= 0.6 is 11.3 Å². The van der Waals surface area contributed by atoms with Crippen molar-refractivity contribution in [3.8, 4) is 0 Å². The van der Waals surface area contributed by atoms with E-state index in [9.17, 15) is 13.2 Å². The van der Waals surface area contributed by atoms with Gasteiger partial charge in [0.05, 0.1) is 11.8 Å². The van der Waals surface area contributed by atoms with Gasteiger partial charge in [-0.2, -0.15) is 13.2 Å². The van der Waals surface area contributed by atoms with E-state index in [2.05, 4.69) is 29.1 Å². The number of nitrogens with one attached hydrogen (secondary N) is 1. The highest BCUT2D eigenvalue weighted by molar-refractivity contribution is 7.18. The molecule has 1 N–H and O–H groups in total. The van der Waals surface area contributed by atoms with Gasteiger partial charge in [-0.05, 0) is 18.9 Å². The zero-order chi connectivity index (χ0) is 16.2. The predicted octanol–water partition coefficient (Wildman–Crippen LogP) is 5.18. The van der Waals surface area contributed by atoms with Crippen LogP contribution in [0.3, 0.4) is 0 Å². The molecule has 7 heteroatoms. The number of anilines is 1. The number of halogens is 3. The fraction of sp³-hybridized carbons (Fsp3) is 0.600. The molecule has 0 fully saturated rings. The van der Waals surface area contributed by atoms with Gasteiger partial charge in [-0.1, -0.05) is 26.7 Å². The average molecular weight is 331 g/mol. The molecule has 0 amide bonds. The standard InChI is InChI=1S/C15H20F3N3S/c1-3-5-10(6-4-2)21-13-12-7-11(8-15(16,17)18)22-14(12)20-9-19-13/h7,9-10H,3-6,8H2,1-2H3,(H,19,20,21). The third kappa shape index (κ3) is 4.56. The molecule has 0 aliphatic carbocycles. The fourth-order valence-electron chi connectivity index (χ4n) is 2.48. The monoisotopic (exact) mass is 331 g/mol. The van der Waals surface area contributed by atoms with Crippen molar-refractivity contribution < 1.29 is 13.2 Å². The van der Waals surface area contributed by atoms with Crippen molar-refractivity contribution >= 4 is 27.4 Å². The van der Waals surface area contributed by atoms with Crippen LogP contribution in [0.1, 0.15) is 44.4 Å². The van der Waals surface area contributed by atoms with Gasteiger partial charge in [0.25, 0.3) is 0 Å². The lowest BCUT2D eigenvalue weighted by Crippen LogP contribution is -2.19. The Labute approximate surface area is 132 Å². The summed E-state index contributed by atoms with van der Waals surface area (Å²) in [7, 11) is 0. The molecule has 0 radical (unpaired) electrons. The quantitative estimate of drug-likeness (QED) is 0.760. The van der Waals surface area contributed by atoms with E-state index in [1.165, 1.54) is 6.33 Å². The molecule has 0 saturated heterocycles. The maximum Gasteiger partial charge on any atom is 0.393 e. The van der Waals surface area contributed by atoms with Crippen LogP contribution in [-0.4, -0.2) is 22.2 Å². The second kappa shape index (κ2) is 7.26. The van der Waals surface area contributed by atoms with E-state index >= 15 is 0 Å². The molecule has 0 saturated carbocycles. The van der Waals surface area contributed by atoms with Crippen molar-refractivity contribution in [1.82, 2.24) is 9.97 Å². The molecular formula is C15H20F3N3S. The summed E-state index contributed by atoms with van der Waals surface area (Å²) in [4.78, 5) is 9.19. The summed E-state index contributed by atoms with van der Waals surface area (Å²) < 4.78 is 37.6. The number of nitrogens with zero attached hydrogens (tertiary/aromatic N) is 2. The van der Waals surface area contributed by atoms with Crippen LogP contribution in [0.25, 0.3) is 10.2 Å². The summed E-state index contributed by atoms with van der Waals surface area (Å²) in [6, 6.07) is 1.85. The molecular weight excluding hydrogens is 311 g/mol. The molecule has 2 heterocycles. The molecule has 2 aromatic rings. The minimum absolute atomic E-state index is 0.272. The van der Waals surface area contributed by atoms with E-state index in [-0.39, 0.29) is 4.88 Å². The van der Waals surface area contributed by atoms with E-state index in [1.54, 1.807) is 6.07 Å². The molecule has 3 nitrogen and oxygen atoms in total. The van der Waals surface area contributed by atoms with Crippen molar-refractivity contribution in [1.29, 1.82) is 0 Å². The first-order chi connectivity index (χ1) is 10.4. The number of fused-ring (bicyclic) bond motifs is 1. The molecule has 0 aliphatic rings. The predicted molar refractivity (Wildman–Crippen MR) is 84.4 cm³/mol. The number of alkyl halides is 3. The van der Waals surface area contributed by atoms with Gasteiger partial charge in [0.2, 0.25) is 0 Å². The molecule has 2 aromatic heterocycles. The van der Waals surface area contributed by atoms with Crippen LogP contribution in [0, 0.1) is 0 Å². The van der Waals surface area contributed by atoms with E-state index in [0.717, 1.165) is 37.0 Å². The zero-order valence-electron chi connectivity index (χ0n) is 12.7. The summed E-state index contributed by atoms with van der Waals surface area (Å²) in [6.45, 7) is 4.23. The number of hydrogen-bond acceptors (Lipinski definition) is 4. The molecule has 0 spiro atoms. The van der Waals surface area contributed by atoms with E-state index < -0.39 is 12.6 Å². The normalized spacial score (nSPS) is 12.3. The molecule has 22 heavy (non-hydrogen) atoms. The summed E-state index contributed by atoms with van der Waals surface area (Å²) >= 11 is 1.08. The van der Waals surface area contributed by atoms with E-state index in [4.69, 9.17) is 0 Å². The van der Waals surface area contributed by atoms with Gasteiger partial charge in [-0.15, -0.1) is 11.3 Å². The first-order valence-electron chi connectivity index (χ1n) is 7.49. The van der Waals surface area contributed by atoms with Crippen LogP contribution in [-0.2, 0) is 6.42 Å². The van der Waals surface area contributed by atoms with Crippen molar-refractivity contribution in [2.75, 3.05) is 5.32 Å². The summed E-state index contributed by atoms with van der Waals surface area (Å²) in [5.41, 5.74) is 0. The second-order valence-corrected chi connectivity index (χ2v) is 6.48. The first-order valence-corrected chi connectivity index (χ1v) is 8.31. The minimum Gasteiger partial charge on any atom is -0.367 e. The van der Waals surface area contributed by atoms with E-state index in [0.29, 0.717) is 22.1 Å². The van der Waals surface area contributed by atoms with Gasteiger partial charge < -0.3 is 5.32 Å². The summed E-state index contributed by atoms with van der Waals surface area (Å²) in [6.07, 6.45) is 0.421. The Kier molecular flexibility index (Phi) is 5.61. The van der Waals surface area contributed by atoms with Crippen molar-refractivity contribution in [2.45, 2.75) is 58.2 Å². The Morgan fingerprint density at radius 3 is 2.45 bits per heavy atom. The van der Waals surface area contributed by atoms with Crippen LogP contribution < -0.4 is 5.32 Å². The second-order valence-electron chi connectivity index (χ2n) is 5.36. The van der Waals surface area contributed by atoms with Crippen molar-refractivity contribution in [3.05, 3.63) is 17.3 Å². The molecule has 0 atom stereocenters. The summed E-state index contributed by atoms with van der Waals surface area (Å²) in [5, 5.41) is 4.06. The molecule has 122 valence electrons. The topological polar surface area (TPSA) is 37.8 Å². The van der Waals surface area contributed by atoms with Gasteiger partial charge in [0, 0.05) is 10.9 Å². The maximum atomic E-state index is 12.5. The minimum atomic E-state index is -4.20. The Morgan fingerprint density at radius 2 is 1.86 bits per heavy atom. The van der Waals surface area contributed by atoms with Gasteiger partial charge in [-0.3, -0.25) is 0 Å². The number of aromatic nitrogens is 2. The molecule has 0 aliphatic heterocycles. The van der Waals surface area contributed by atoms with Crippen LogP contribution in [0.4, 0.5) is 19.0 Å². The lowest BCUT2D eigenvalue weighted by atomic mass is 10.1. The van der Waals surface area contributed by atoms with Gasteiger partial charge >= 0.3 is 6.18 Å². The molecule has 0 bridgehead atoms. The number of rotatable bonds is 7. The lowest BCUT2D eigenvalue weighted by Gasteiger charge is -2.18. The molecule has 0 aromatic carbocycles. The fourth-order valence-corrected chi connectivity index (χ4v) is 3.51. The highest BCUT2D eigenvalue weighted by atomic mass is 32.1. The third-order valence-electron chi connectivity index (χ3n) is 3.37. The Balaban J connectivity index is 2.26. The third-order valence-corrected chi connectivity index (χ3v) is 4.41. The van der Waals surface area contributed by atoms with Crippen LogP contribution in [0.15, 0.2) is 12.4 Å². The maximum absolute atomic E-state index is 12.5. The Morgan fingerprint density at radius 1 is 1.18 bits per heavy atom. The average Bonchev–Trinajstić information content (AvgIpc) is 2.80. The van der Waals surface area contributed by atoms with Crippen LogP contribution in [0.2, 0.25) is 0 Å². The Hall–Kier alpha value is -1.37. The van der Waals surface area contributed by atoms with E-state index in [1.807, 2.05) is 0 Å². The van der Waals surface area contributed by atoms with Crippen molar-refractivity contribution in [3.63, 3.8) is 0 Å².